The van der Waals surface area contributed by atoms with Gasteiger partial charge in [0.05, 0.1) is 29.7 Å². The molecule has 0 spiro atoms. The summed E-state index contributed by atoms with van der Waals surface area (Å²) < 4.78 is 43.0. The van der Waals surface area contributed by atoms with Crippen molar-refractivity contribution in [1.29, 1.82) is 0 Å². The Morgan fingerprint density at radius 3 is 2.81 bits per heavy atom. The highest BCUT2D eigenvalue weighted by atomic mass is 35.5. The van der Waals surface area contributed by atoms with Crippen LogP contribution in [0.25, 0.3) is 0 Å². The molecule has 1 atom stereocenters. The molecule has 1 amide bonds. The van der Waals surface area contributed by atoms with E-state index in [1.807, 2.05) is 0 Å². The average molecular weight is 396 g/mol. The molecule has 2 heterocycles. The molecule has 1 saturated heterocycles. The van der Waals surface area contributed by atoms with Crippen LogP contribution in [0.3, 0.4) is 0 Å². The third-order valence-corrected chi connectivity index (χ3v) is 3.98. The molecule has 1 aliphatic rings. The summed E-state index contributed by atoms with van der Waals surface area (Å²) in [4.78, 5) is 28.0. The van der Waals surface area contributed by atoms with Crippen molar-refractivity contribution in [1.82, 2.24) is 9.88 Å². The summed E-state index contributed by atoms with van der Waals surface area (Å²) in [5.74, 6) is -1.17. The third-order valence-electron chi connectivity index (χ3n) is 3.69. The van der Waals surface area contributed by atoms with Crippen LogP contribution in [0.4, 0.5) is 19.0 Å². The van der Waals surface area contributed by atoms with Gasteiger partial charge in [-0.2, -0.15) is 13.2 Å². The fourth-order valence-corrected chi connectivity index (χ4v) is 2.67. The zero-order chi connectivity index (χ0) is 19.3. The number of hydrogen-bond acceptors (Lipinski definition) is 5. The maximum Gasteiger partial charge on any atom is 0.417 e. The first-order valence-electron chi connectivity index (χ1n) is 7.74. The van der Waals surface area contributed by atoms with Crippen molar-refractivity contribution < 1.29 is 32.6 Å². The van der Waals surface area contributed by atoms with E-state index in [2.05, 4.69) is 10.3 Å². The number of rotatable bonds is 6. The van der Waals surface area contributed by atoms with Crippen molar-refractivity contribution in [3.63, 3.8) is 0 Å². The van der Waals surface area contributed by atoms with Gasteiger partial charge in [0.25, 0.3) is 0 Å². The lowest BCUT2D eigenvalue weighted by molar-refractivity contribution is -0.147. The van der Waals surface area contributed by atoms with E-state index in [9.17, 15) is 22.8 Å². The van der Waals surface area contributed by atoms with E-state index in [4.69, 9.17) is 21.4 Å². The zero-order valence-corrected chi connectivity index (χ0v) is 14.3. The first kappa shape index (κ1) is 20.2. The van der Waals surface area contributed by atoms with Crippen LogP contribution in [-0.4, -0.2) is 59.2 Å². The number of amides is 1. The van der Waals surface area contributed by atoms with Crippen molar-refractivity contribution in [3.05, 3.63) is 22.8 Å². The second kappa shape index (κ2) is 8.54. The molecule has 26 heavy (non-hydrogen) atoms. The van der Waals surface area contributed by atoms with Crippen LogP contribution in [-0.2, 0) is 20.5 Å². The molecule has 0 aliphatic carbocycles. The van der Waals surface area contributed by atoms with Gasteiger partial charge in [0.2, 0.25) is 5.91 Å². The molecule has 1 fully saturated rings. The normalized spacial score (nSPS) is 17.8. The molecule has 7 nitrogen and oxygen atoms in total. The third kappa shape index (κ3) is 5.73. The summed E-state index contributed by atoms with van der Waals surface area (Å²) in [7, 11) is 0. The van der Waals surface area contributed by atoms with E-state index in [-0.39, 0.29) is 49.3 Å². The number of alkyl halides is 3. The molecule has 0 bridgehead atoms. The Labute approximate surface area is 152 Å². The predicted octanol–water partition coefficient (Wildman–Crippen LogP) is 2.26. The minimum absolute atomic E-state index is 0.0539. The minimum Gasteiger partial charge on any atom is -0.481 e. The molecule has 0 saturated carbocycles. The van der Waals surface area contributed by atoms with Crippen molar-refractivity contribution in [2.24, 2.45) is 0 Å². The van der Waals surface area contributed by atoms with Gasteiger partial charge in [-0.3, -0.25) is 9.59 Å². The molecule has 1 unspecified atom stereocenters. The van der Waals surface area contributed by atoms with E-state index in [1.54, 1.807) is 0 Å². The van der Waals surface area contributed by atoms with Crippen LogP contribution in [0.1, 0.15) is 18.4 Å². The van der Waals surface area contributed by atoms with Crippen LogP contribution < -0.4 is 5.32 Å². The van der Waals surface area contributed by atoms with Gasteiger partial charge in [0.15, 0.2) is 0 Å². The lowest BCUT2D eigenvalue weighted by Gasteiger charge is -2.32. The second-order valence-corrected chi connectivity index (χ2v) is 6.07. The number of halogens is 4. The number of aliphatic carboxylic acids is 1. The Morgan fingerprint density at radius 2 is 2.19 bits per heavy atom. The van der Waals surface area contributed by atoms with Gasteiger partial charge in [-0.15, -0.1) is 0 Å². The number of nitrogens with zero attached hydrogens (tertiary/aromatic N) is 2. The number of carbonyl (C=O) groups excluding carboxylic acids is 1. The van der Waals surface area contributed by atoms with Crippen LogP contribution in [0.2, 0.25) is 5.02 Å². The SMILES string of the molecule is O=C(O)CC1CN(C(=O)CCNc2ncc(C(F)(F)F)cc2Cl)CCO1. The smallest absolute Gasteiger partial charge is 0.417 e. The molecule has 144 valence electrons. The minimum atomic E-state index is -4.53. The van der Waals surface area contributed by atoms with Crippen molar-refractivity contribution in [3.8, 4) is 0 Å². The van der Waals surface area contributed by atoms with Gasteiger partial charge in [-0.05, 0) is 6.07 Å². The highest BCUT2D eigenvalue weighted by Crippen LogP contribution is 2.32. The highest BCUT2D eigenvalue weighted by Gasteiger charge is 2.31. The second-order valence-electron chi connectivity index (χ2n) is 5.66. The molecule has 0 radical (unpaired) electrons. The molecule has 1 aromatic heterocycles. The number of carboxylic acid groups (broad SMARTS) is 1. The first-order chi connectivity index (χ1) is 12.2. The number of aromatic nitrogens is 1. The Balaban J connectivity index is 1.83. The van der Waals surface area contributed by atoms with Crippen molar-refractivity contribution >= 4 is 29.3 Å². The first-order valence-corrected chi connectivity index (χ1v) is 8.12. The van der Waals surface area contributed by atoms with Crippen LogP contribution in [0.15, 0.2) is 12.3 Å². The van der Waals surface area contributed by atoms with Crippen LogP contribution in [0.5, 0.6) is 0 Å². The number of hydrogen-bond donors (Lipinski definition) is 2. The standard InChI is InChI=1S/C15H17ClF3N3O4/c16-11-5-9(15(17,18)19)7-21-14(11)20-2-1-12(23)22-3-4-26-10(8-22)6-13(24)25/h5,7,10H,1-4,6,8H2,(H,20,21)(H,24,25). The highest BCUT2D eigenvalue weighted by molar-refractivity contribution is 6.32. The average Bonchev–Trinajstić information content (AvgIpc) is 2.55. The fraction of sp³-hybridized carbons (Fsp3) is 0.533. The fourth-order valence-electron chi connectivity index (χ4n) is 2.43. The summed E-state index contributed by atoms with van der Waals surface area (Å²) in [6.07, 6.45) is -4.56. The Kier molecular flexibility index (Phi) is 6.65. The Morgan fingerprint density at radius 1 is 1.46 bits per heavy atom. The monoisotopic (exact) mass is 395 g/mol. The number of carbonyl (C=O) groups is 2. The molecule has 11 heteroatoms. The van der Waals surface area contributed by atoms with Crippen molar-refractivity contribution in [2.45, 2.75) is 25.1 Å². The molecule has 2 N–H and O–H groups in total. The molecule has 1 aromatic rings. The van der Waals surface area contributed by atoms with Gasteiger partial charge in [-0.1, -0.05) is 11.6 Å². The van der Waals surface area contributed by atoms with E-state index in [0.717, 1.165) is 6.07 Å². The van der Waals surface area contributed by atoms with Gasteiger partial charge < -0.3 is 20.1 Å². The summed E-state index contributed by atoms with van der Waals surface area (Å²) in [5.41, 5.74) is -0.957. The lowest BCUT2D eigenvalue weighted by atomic mass is 10.2. The lowest BCUT2D eigenvalue weighted by Crippen LogP contribution is -2.46. The number of morpholine rings is 1. The topological polar surface area (TPSA) is 91.8 Å². The van der Waals surface area contributed by atoms with Gasteiger partial charge in [0, 0.05) is 32.3 Å². The summed E-state index contributed by atoms with van der Waals surface area (Å²) in [6.45, 7) is 0.917. The quantitative estimate of drug-likeness (QED) is 0.767. The van der Waals surface area contributed by atoms with Gasteiger partial charge >= 0.3 is 12.1 Å². The maximum atomic E-state index is 12.6. The number of anilines is 1. The number of nitrogens with one attached hydrogen (secondary N) is 1. The predicted molar refractivity (Wildman–Crippen MR) is 85.9 cm³/mol. The van der Waals surface area contributed by atoms with E-state index < -0.39 is 23.8 Å². The summed E-state index contributed by atoms with van der Waals surface area (Å²) in [6, 6.07) is 0.761. The van der Waals surface area contributed by atoms with Gasteiger partial charge in [-0.25, -0.2) is 4.98 Å². The number of carboxylic acids is 1. The molecule has 1 aliphatic heterocycles. The number of pyridine rings is 1. The molecule has 0 aromatic carbocycles. The Hall–Kier alpha value is -2.07. The van der Waals surface area contributed by atoms with Gasteiger partial charge in [0.1, 0.15) is 5.82 Å². The van der Waals surface area contributed by atoms with Crippen molar-refractivity contribution in [2.75, 3.05) is 31.6 Å². The Bertz CT molecular complexity index is 672. The largest absolute Gasteiger partial charge is 0.481 e. The molecular weight excluding hydrogens is 379 g/mol. The van der Waals surface area contributed by atoms with E-state index >= 15 is 0 Å². The summed E-state index contributed by atoms with van der Waals surface area (Å²) >= 11 is 5.77. The zero-order valence-electron chi connectivity index (χ0n) is 13.6. The van der Waals surface area contributed by atoms with E-state index in [1.165, 1.54) is 4.90 Å². The molecule has 2 rings (SSSR count). The molecular formula is C15H17ClF3N3O4. The van der Waals surface area contributed by atoms with Crippen LogP contribution in [0, 0.1) is 0 Å². The maximum absolute atomic E-state index is 12.6. The van der Waals surface area contributed by atoms with Crippen LogP contribution >= 0.6 is 11.6 Å². The number of ether oxygens (including phenoxy) is 1. The van der Waals surface area contributed by atoms with E-state index in [0.29, 0.717) is 12.7 Å². The summed E-state index contributed by atoms with van der Waals surface area (Å²) in [5, 5.41) is 11.3.